The predicted octanol–water partition coefficient (Wildman–Crippen LogP) is 2.85. The van der Waals surface area contributed by atoms with E-state index in [0.717, 1.165) is 5.56 Å². The Balaban J connectivity index is 1.95. The minimum Gasteiger partial charge on any atom is -0.461 e. The van der Waals surface area contributed by atoms with Gasteiger partial charge in [0.2, 0.25) is 0 Å². The van der Waals surface area contributed by atoms with Gasteiger partial charge in [-0.2, -0.15) is 0 Å². The Bertz CT molecular complexity index is 686. The number of amides is 2. The average molecular weight is 392 g/mol. The standard InChI is InChI=1S/C20H28N2O6/c1-14-11-22(19(25)27-14)12-16(21-18(24)28-20(2,3)4)10-17(23)26-13-15-8-6-5-7-9-15/h5-9,14,16H,10-13H2,1-4H3,(H,21,24)/t14?,16-/m0/s1. The molecule has 2 amide bonds. The number of hydrogen-bond donors (Lipinski definition) is 1. The zero-order chi connectivity index (χ0) is 20.7. The molecule has 1 saturated heterocycles. The van der Waals surface area contributed by atoms with Gasteiger partial charge < -0.3 is 24.4 Å². The van der Waals surface area contributed by atoms with E-state index in [-0.39, 0.29) is 25.7 Å². The van der Waals surface area contributed by atoms with Crippen molar-refractivity contribution < 1.29 is 28.6 Å². The average Bonchev–Trinajstić information content (AvgIpc) is 2.89. The van der Waals surface area contributed by atoms with Crippen LogP contribution in [0.5, 0.6) is 0 Å². The Morgan fingerprint density at radius 1 is 1.29 bits per heavy atom. The first kappa shape index (κ1) is 21.5. The van der Waals surface area contributed by atoms with Crippen molar-refractivity contribution in [2.45, 2.75) is 58.5 Å². The van der Waals surface area contributed by atoms with Crippen LogP contribution in [0.15, 0.2) is 30.3 Å². The van der Waals surface area contributed by atoms with Gasteiger partial charge in [0.1, 0.15) is 18.3 Å². The summed E-state index contributed by atoms with van der Waals surface area (Å²) in [5.74, 6) is -0.481. The minimum atomic E-state index is -0.677. The summed E-state index contributed by atoms with van der Waals surface area (Å²) in [6.07, 6.45) is -1.46. The van der Waals surface area contributed by atoms with E-state index in [1.807, 2.05) is 30.3 Å². The van der Waals surface area contributed by atoms with E-state index < -0.39 is 29.8 Å². The van der Waals surface area contributed by atoms with Crippen molar-refractivity contribution in [3.05, 3.63) is 35.9 Å². The highest BCUT2D eigenvalue weighted by Gasteiger charge is 2.32. The lowest BCUT2D eigenvalue weighted by molar-refractivity contribution is -0.145. The third kappa shape index (κ3) is 7.46. The summed E-state index contributed by atoms with van der Waals surface area (Å²) >= 11 is 0. The Labute approximate surface area is 165 Å². The molecule has 1 unspecified atom stereocenters. The molecule has 0 radical (unpaired) electrons. The molecule has 8 nitrogen and oxygen atoms in total. The summed E-state index contributed by atoms with van der Waals surface area (Å²) in [5.41, 5.74) is 0.188. The van der Waals surface area contributed by atoms with E-state index in [1.54, 1.807) is 27.7 Å². The van der Waals surface area contributed by atoms with Crippen LogP contribution in [-0.2, 0) is 25.6 Å². The number of hydrogen-bond acceptors (Lipinski definition) is 6. The van der Waals surface area contributed by atoms with Crippen LogP contribution in [0.2, 0.25) is 0 Å². The smallest absolute Gasteiger partial charge is 0.410 e. The maximum Gasteiger partial charge on any atom is 0.410 e. The fraction of sp³-hybridized carbons (Fsp3) is 0.550. The van der Waals surface area contributed by atoms with Crippen LogP contribution in [0, 0.1) is 0 Å². The second-order valence-corrected chi connectivity index (χ2v) is 7.79. The molecule has 0 aliphatic carbocycles. The van der Waals surface area contributed by atoms with Gasteiger partial charge in [0.15, 0.2) is 0 Å². The number of carbonyl (C=O) groups excluding carboxylic acids is 3. The lowest BCUT2D eigenvalue weighted by Crippen LogP contribution is -2.47. The number of benzene rings is 1. The summed E-state index contributed by atoms with van der Waals surface area (Å²) in [7, 11) is 0. The van der Waals surface area contributed by atoms with Gasteiger partial charge in [0.25, 0.3) is 0 Å². The van der Waals surface area contributed by atoms with Crippen molar-refractivity contribution in [1.82, 2.24) is 10.2 Å². The minimum absolute atomic E-state index is 0.0930. The number of nitrogens with one attached hydrogen (secondary N) is 1. The number of ether oxygens (including phenoxy) is 3. The number of rotatable bonds is 7. The van der Waals surface area contributed by atoms with Crippen LogP contribution in [0.4, 0.5) is 9.59 Å². The SMILES string of the molecule is CC1CN(C[C@H](CC(=O)OCc2ccccc2)NC(=O)OC(C)(C)C)C(=O)O1. The highest BCUT2D eigenvalue weighted by molar-refractivity contribution is 5.74. The van der Waals surface area contributed by atoms with Crippen LogP contribution >= 0.6 is 0 Å². The van der Waals surface area contributed by atoms with Gasteiger partial charge >= 0.3 is 18.2 Å². The molecule has 1 aromatic carbocycles. The molecule has 0 bridgehead atoms. The first-order valence-corrected chi connectivity index (χ1v) is 9.27. The lowest BCUT2D eigenvalue weighted by Gasteiger charge is -2.25. The first-order chi connectivity index (χ1) is 13.1. The molecule has 0 aromatic heterocycles. The second-order valence-electron chi connectivity index (χ2n) is 7.79. The third-order valence-electron chi connectivity index (χ3n) is 3.86. The van der Waals surface area contributed by atoms with Gasteiger partial charge in [-0.15, -0.1) is 0 Å². The topological polar surface area (TPSA) is 94.2 Å². The number of carbonyl (C=O) groups is 3. The molecule has 1 heterocycles. The maximum absolute atomic E-state index is 12.3. The summed E-state index contributed by atoms with van der Waals surface area (Å²) in [6, 6.07) is 8.64. The van der Waals surface area contributed by atoms with E-state index in [0.29, 0.717) is 6.54 Å². The molecule has 1 aromatic rings. The normalized spacial score (nSPS) is 17.6. The molecular weight excluding hydrogens is 364 g/mol. The van der Waals surface area contributed by atoms with Crippen LogP contribution in [-0.4, -0.2) is 53.9 Å². The largest absolute Gasteiger partial charge is 0.461 e. The van der Waals surface area contributed by atoms with Crippen LogP contribution in [0.3, 0.4) is 0 Å². The maximum atomic E-state index is 12.3. The summed E-state index contributed by atoms with van der Waals surface area (Å²) in [6.45, 7) is 7.68. The predicted molar refractivity (Wildman–Crippen MR) is 102 cm³/mol. The van der Waals surface area contributed by atoms with E-state index in [4.69, 9.17) is 14.2 Å². The Kier molecular flexibility index (Phi) is 7.25. The highest BCUT2D eigenvalue weighted by Crippen LogP contribution is 2.13. The number of cyclic esters (lactones) is 1. The number of esters is 1. The molecule has 1 aliphatic rings. The second kappa shape index (κ2) is 9.43. The number of alkyl carbamates (subject to hydrolysis) is 1. The van der Waals surface area contributed by atoms with Gasteiger partial charge in [0.05, 0.1) is 19.0 Å². The molecule has 1 fully saturated rings. The summed E-state index contributed by atoms with van der Waals surface area (Å²) < 4.78 is 15.6. The van der Waals surface area contributed by atoms with Gasteiger partial charge in [-0.25, -0.2) is 9.59 Å². The van der Waals surface area contributed by atoms with Gasteiger partial charge in [-0.1, -0.05) is 30.3 Å². The molecule has 2 atom stereocenters. The van der Waals surface area contributed by atoms with Gasteiger partial charge in [0, 0.05) is 6.54 Å². The van der Waals surface area contributed by atoms with Crippen LogP contribution in [0.25, 0.3) is 0 Å². The van der Waals surface area contributed by atoms with E-state index in [9.17, 15) is 14.4 Å². The van der Waals surface area contributed by atoms with Crippen molar-refractivity contribution in [3.63, 3.8) is 0 Å². The highest BCUT2D eigenvalue weighted by atomic mass is 16.6. The zero-order valence-electron chi connectivity index (χ0n) is 16.8. The van der Waals surface area contributed by atoms with Crippen LogP contribution < -0.4 is 5.32 Å². The van der Waals surface area contributed by atoms with Crippen molar-refractivity contribution in [2.75, 3.05) is 13.1 Å². The Morgan fingerprint density at radius 2 is 1.96 bits per heavy atom. The Hall–Kier alpha value is -2.77. The molecule has 8 heteroatoms. The molecule has 1 N–H and O–H groups in total. The van der Waals surface area contributed by atoms with Gasteiger partial charge in [-0.3, -0.25) is 4.79 Å². The first-order valence-electron chi connectivity index (χ1n) is 9.27. The van der Waals surface area contributed by atoms with Crippen molar-refractivity contribution in [1.29, 1.82) is 0 Å². The molecule has 28 heavy (non-hydrogen) atoms. The van der Waals surface area contributed by atoms with E-state index >= 15 is 0 Å². The molecule has 1 aliphatic heterocycles. The van der Waals surface area contributed by atoms with Crippen LogP contribution in [0.1, 0.15) is 39.7 Å². The van der Waals surface area contributed by atoms with Crippen molar-refractivity contribution >= 4 is 18.2 Å². The summed E-state index contributed by atoms with van der Waals surface area (Å²) in [4.78, 5) is 37.7. The molecule has 2 rings (SSSR count). The molecule has 154 valence electrons. The summed E-state index contributed by atoms with van der Waals surface area (Å²) in [5, 5.41) is 2.65. The number of nitrogens with zero attached hydrogens (tertiary/aromatic N) is 1. The zero-order valence-corrected chi connectivity index (χ0v) is 16.8. The fourth-order valence-corrected chi connectivity index (χ4v) is 2.72. The Morgan fingerprint density at radius 3 is 2.54 bits per heavy atom. The third-order valence-corrected chi connectivity index (χ3v) is 3.86. The lowest BCUT2D eigenvalue weighted by atomic mass is 10.2. The quantitative estimate of drug-likeness (QED) is 0.566. The molecular formula is C20H28N2O6. The molecule has 0 spiro atoms. The molecule has 0 saturated carbocycles. The van der Waals surface area contributed by atoms with Crippen molar-refractivity contribution in [3.8, 4) is 0 Å². The van der Waals surface area contributed by atoms with E-state index in [2.05, 4.69) is 5.32 Å². The van der Waals surface area contributed by atoms with Crippen molar-refractivity contribution in [2.24, 2.45) is 0 Å². The monoisotopic (exact) mass is 392 g/mol. The van der Waals surface area contributed by atoms with E-state index in [1.165, 1.54) is 4.90 Å². The van der Waals surface area contributed by atoms with Gasteiger partial charge in [-0.05, 0) is 33.3 Å². The fourth-order valence-electron chi connectivity index (χ4n) is 2.72.